The summed E-state index contributed by atoms with van der Waals surface area (Å²) in [6.07, 6.45) is 11.9. The monoisotopic (exact) mass is 451 g/mol. The lowest BCUT2D eigenvalue weighted by Gasteiger charge is -2.17. The fourth-order valence-corrected chi connectivity index (χ4v) is 4.97. The molecule has 6 nitrogen and oxygen atoms in total. The van der Waals surface area contributed by atoms with Gasteiger partial charge in [0.15, 0.2) is 16.3 Å². The van der Waals surface area contributed by atoms with Gasteiger partial charge in [-0.1, -0.05) is 11.6 Å². The highest BCUT2D eigenvalue weighted by Gasteiger charge is 2.17. The van der Waals surface area contributed by atoms with Gasteiger partial charge in [0, 0.05) is 23.7 Å². The summed E-state index contributed by atoms with van der Waals surface area (Å²) < 4.78 is 19.0. The predicted octanol–water partition coefficient (Wildman–Crippen LogP) is 5.76. The molecule has 3 aromatic rings. The summed E-state index contributed by atoms with van der Waals surface area (Å²) in [5.41, 5.74) is 4.46. The van der Waals surface area contributed by atoms with Crippen LogP contribution in [0.3, 0.4) is 0 Å². The molecule has 0 radical (unpaired) electrons. The van der Waals surface area contributed by atoms with Crippen molar-refractivity contribution in [1.82, 2.24) is 9.55 Å². The minimum absolute atomic E-state index is 0.591. The number of benzene rings is 1. The molecule has 0 N–H and O–H groups in total. The zero-order chi connectivity index (χ0) is 22.3. The molecule has 0 saturated heterocycles. The van der Waals surface area contributed by atoms with Gasteiger partial charge in [0.25, 0.3) is 0 Å². The molecule has 4 rings (SSSR count). The van der Waals surface area contributed by atoms with E-state index in [2.05, 4.69) is 21.0 Å². The molecule has 0 amide bonds. The molecular weight excluding hydrogens is 422 g/mol. The van der Waals surface area contributed by atoms with E-state index in [1.807, 2.05) is 24.3 Å². The second-order valence-electron chi connectivity index (χ2n) is 7.65. The van der Waals surface area contributed by atoms with Crippen molar-refractivity contribution in [3.63, 3.8) is 0 Å². The molecule has 0 bridgehead atoms. The van der Waals surface area contributed by atoms with Gasteiger partial charge in [-0.05, 0) is 56.4 Å². The lowest BCUT2D eigenvalue weighted by atomic mass is 9.97. The molecule has 1 aromatic carbocycles. The van der Waals surface area contributed by atoms with E-state index in [0.29, 0.717) is 17.2 Å². The first-order valence-corrected chi connectivity index (χ1v) is 11.7. The second-order valence-corrected chi connectivity index (χ2v) is 8.49. The Hall–Kier alpha value is -3.06. The Morgan fingerprint density at radius 2 is 1.91 bits per heavy atom. The topological polar surface area (TPSA) is 57.9 Å². The van der Waals surface area contributed by atoms with Crippen LogP contribution in [-0.4, -0.2) is 30.9 Å². The maximum Gasteiger partial charge on any atom is 0.203 e. The van der Waals surface area contributed by atoms with Gasteiger partial charge in [-0.25, -0.2) is 4.99 Å². The normalized spacial score (nSPS) is 14.2. The molecule has 1 aliphatic rings. The highest BCUT2D eigenvalue weighted by Crippen LogP contribution is 2.41. The molecule has 0 atom stereocenters. The van der Waals surface area contributed by atoms with E-state index >= 15 is 0 Å². The van der Waals surface area contributed by atoms with Crippen LogP contribution in [0.4, 0.5) is 5.69 Å². The van der Waals surface area contributed by atoms with Gasteiger partial charge in [0.05, 0.1) is 38.9 Å². The summed E-state index contributed by atoms with van der Waals surface area (Å²) in [6.45, 7) is 0.862. The van der Waals surface area contributed by atoms with Crippen LogP contribution in [0.5, 0.6) is 17.2 Å². The number of allylic oxidation sites excluding steroid dienone is 2. The quantitative estimate of drug-likeness (QED) is 0.409. The fraction of sp³-hybridized carbons (Fsp3) is 0.360. The molecule has 0 saturated carbocycles. The Morgan fingerprint density at radius 3 is 2.53 bits per heavy atom. The number of aromatic nitrogens is 2. The maximum atomic E-state index is 5.59. The lowest BCUT2D eigenvalue weighted by Crippen LogP contribution is -2.16. The van der Waals surface area contributed by atoms with Crippen LogP contribution in [0, 0.1) is 0 Å². The number of pyridine rings is 1. The summed E-state index contributed by atoms with van der Waals surface area (Å²) in [4.78, 5) is 10.0. The minimum atomic E-state index is 0.591. The third kappa shape index (κ3) is 4.88. The average molecular weight is 452 g/mol. The van der Waals surface area contributed by atoms with Gasteiger partial charge < -0.3 is 18.8 Å². The molecule has 2 aromatic heterocycles. The third-order valence-corrected chi connectivity index (χ3v) is 6.53. The molecular formula is C25H29N3O3S. The highest BCUT2D eigenvalue weighted by atomic mass is 32.1. The number of rotatable bonds is 8. The molecule has 0 aliphatic heterocycles. The van der Waals surface area contributed by atoms with Gasteiger partial charge in [-0.2, -0.15) is 0 Å². The summed E-state index contributed by atoms with van der Waals surface area (Å²) in [7, 11) is 4.90. The van der Waals surface area contributed by atoms with E-state index < -0.39 is 0 Å². The summed E-state index contributed by atoms with van der Waals surface area (Å²) >= 11 is 1.63. The van der Waals surface area contributed by atoms with Crippen molar-refractivity contribution in [2.45, 2.75) is 38.6 Å². The van der Waals surface area contributed by atoms with Gasteiger partial charge in [0.1, 0.15) is 0 Å². The Kier molecular flexibility index (Phi) is 7.27. The summed E-state index contributed by atoms with van der Waals surface area (Å²) in [5, 5.41) is 2.14. The zero-order valence-corrected chi connectivity index (χ0v) is 19.7. The van der Waals surface area contributed by atoms with Crippen LogP contribution >= 0.6 is 11.3 Å². The molecule has 0 fully saturated rings. The number of ether oxygens (including phenoxy) is 3. The Labute approximate surface area is 192 Å². The van der Waals surface area contributed by atoms with Crippen LogP contribution in [0.1, 0.15) is 32.1 Å². The number of hydrogen-bond donors (Lipinski definition) is 0. The lowest BCUT2D eigenvalue weighted by molar-refractivity contribution is 0.324. The molecule has 0 unspecified atom stereocenters. The van der Waals surface area contributed by atoms with Gasteiger partial charge >= 0.3 is 0 Å². The molecule has 168 valence electrons. The standard InChI is InChI=1S/C25H29N3O3S/c1-29-22-14-19(15-23(30-2)24(22)31-3)21-17-32-25(27-20-10-7-12-26-16-20)28(21)13-11-18-8-5-4-6-9-18/h7-8,10,12,14-17H,4-6,9,11,13H2,1-3H3. The van der Waals surface area contributed by atoms with Crippen molar-refractivity contribution in [2.24, 2.45) is 4.99 Å². The highest BCUT2D eigenvalue weighted by molar-refractivity contribution is 7.07. The van der Waals surface area contributed by atoms with Gasteiger partial charge in [-0.3, -0.25) is 4.98 Å². The smallest absolute Gasteiger partial charge is 0.203 e. The SMILES string of the molecule is COc1cc(-c2csc(=Nc3cccnc3)n2CCC2=CCCCC2)cc(OC)c1OC. The van der Waals surface area contributed by atoms with E-state index in [-0.39, 0.29) is 0 Å². The van der Waals surface area contributed by atoms with Crippen molar-refractivity contribution in [1.29, 1.82) is 0 Å². The Morgan fingerprint density at radius 1 is 1.09 bits per heavy atom. The van der Waals surface area contributed by atoms with Crippen LogP contribution in [0.25, 0.3) is 11.3 Å². The Bertz CT molecular complexity index is 1120. The largest absolute Gasteiger partial charge is 0.493 e. The summed E-state index contributed by atoms with van der Waals surface area (Å²) in [5.74, 6) is 1.87. The maximum absolute atomic E-state index is 5.59. The zero-order valence-electron chi connectivity index (χ0n) is 18.8. The first kappa shape index (κ1) is 22.1. The van der Waals surface area contributed by atoms with Crippen molar-refractivity contribution in [3.8, 4) is 28.5 Å². The van der Waals surface area contributed by atoms with Crippen LogP contribution in [0.2, 0.25) is 0 Å². The van der Waals surface area contributed by atoms with E-state index in [1.54, 1.807) is 45.1 Å². The Balaban J connectivity index is 1.80. The van der Waals surface area contributed by atoms with Crippen molar-refractivity contribution in [3.05, 3.63) is 58.5 Å². The molecule has 0 spiro atoms. The number of nitrogens with zero attached hydrogens (tertiary/aromatic N) is 3. The first-order valence-electron chi connectivity index (χ1n) is 10.8. The number of hydrogen-bond acceptors (Lipinski definition) is 6. The molecule has 2 heterocycles. The van der Waals surface area contributed by atoms with E-state index in [9.17, 15) is 0 Å². The number of thiazole rings is 1. The molecule has 7 heteroatoms. The van der Waals surface area contributed by atoms with Crippen LogP contribution in [-0.2, 0) is 6.54 Å². The van der Waals surface area contributed by atoms with Gasteiger partial charge in [-0.15, -0.1) is 11.3 Å². The number of methoxy groups -OCH3 is 3. The van der Waals surface area contributed by atoms with Crippen molar-refractivity contribution < 1.29 is 14.2 Å². The minimum Gasteiger partial charge on any atom is -0.493 e. The van der Waals surface area contributed by atoms with E-state index in [1.165, 1.54) is 31.3 Å². The fourth-order valence-electron chi connectivity index (χ4n) is 4.01. The molecule has 1 aliphatic carbocycles. The van der Waals surface area contributed by atoms with Crippen molar-refractivity contribution >= 4 is 17.0 Å². The average Bonchev–Trinajstić information content (AvgIpc) is 3.25. The first-order chi connectivity index (χ1) is 15.7. The summed E-state index contributed by atoms with van der Waals surface area (Å²) in [6, 6.07) is 7.87. The third-order valence-electron chi connectivity index (χ3n) is 5.67. The van der Waals surface area contributed by atoms with Crippen LogP contribution < -0.4 is 19.0 Å². The second kappa shape index (κ2) is 10.5. The van der Waals surface area contributed by atoms with Crippen molar-refractivity contribution in [2.75, 3.05) is 21.3 Å². The van der Waals surface area contributed by atoms with Crippen LogP contribution in [0.15, 0.2) is 58.7 Å². The van der Waals surface area contributed by atoms with E-state index in [0.717, 1.165) is 34.7 Å². The predicted molar refractivity (Wildman–Crippen MR) is 128 cm³/mol. The molecule has 32 heavy (non-hydrogen) atoms. The van der Waals surface area contributed by atoms with E-state index in [4.69, 9.17) is 19.2 Å². The van der Waals surface area contributed by atoms with Gasteiger partial charge in [0.2, 0.25) is 5.75 Å².